The van der Waals surface area contributed by atoms with Gasteiger partial charge in [-0.05, 0) is 0 Å². The molecule has 1 aromatic heterocycles. The fourth-order valence-electron chi connectivity index (χ4n) is 1.08. The molecule has 8 nitrogen and oxygen atoms in total. The van der Waals surface area contributed by atoms with E-state index in [2.05, 4.69) is 20.5 Å². The molecule has 1 rings (SSSR count). The number of sulfonamides is 1. The molecule has 0 bridgehead atoms. The number of carbonyl (C=O) groups is 1. The van der Waals surface area contributed by atoms with Crippen LogP contribution in [0.5, 0.6) is 0 Å². The van der Waals surface area contributed by atoms with Gasteiger partial charge in [0.15, 0.2) is 0 Å². The Morgan fingerprint density at radius 3 is 2.50 bits per heavy atom. The van der Waals surface area contributed by atoms with Crippen LogP contribution in [0, 0.1) is 0 Å². The first-order valence-electron chi connectivity index (χ1n) is 5.31. The SMILES string of the molecule is CC(C)(C)c1nc(C(=O)NCCS(N)(=O)=O)n[nH]1. The van der Waals surface area contributed by atoms with Crippen LogP contribution in [0.25, 0.3) is 0 Å². The van der Waals surface area contributed by atoms with Gasteiger partial charge in [0, 0.05) is 12.0 Å². The average molecular weight is 275 g/mol. The minimum absolute atomic E-state index is 0.0191. The summed E-state index contributed by atoms with van der Waals surface area (Å²) in [6.07, 6.45) is 0. The maximum Gasteiger partial charge on any atom is 0.290 e. The number of nitrogens with one attached hydrogen (secondary N) is 2. The summed E-state index contributed by atoms with van der Waals surface area (Å²) in [6.45, 7) is 5.71. The predicted molar refractivity (Wildman–Crippen MR) is 65.4 cm³/mol. The van der Waals surface area contributed by atoms with Gasteiger partial charge in [-0.2, -0.15) is 0 Å². The summed E-state index contributed by atoms with van der Waals surface area (Å²) >= 11 is 0. The van der Waals surface area contributed by atoms with Crippen molar-refractivity contribution in [3.05, 3.63) is 11.6 Å². The molecule has 0 spiro atoms. The molecule has 0 aliphatic heterocycles. The summed E-state index contributed by atoms with van der Waals surface area (Å²) in [5, 5.41) is 13.6. The van der Waals surface area contributed by atoms with E-state index >= 15 is 0 Å². The van der Waals surface area contributed by atoms with Crippen molar-refractivity contribution in [3.8, 4) is 0 Å². The van der Waals surface area contributed by atoms with Crippen LogP contribution >= 0.6 is 0 Å². The van der Waals surface area contributed by atoms with E-state index in [1.54, 1.807) is 0 Å². The highest BCUT2D eigenvalue weighted by atomic mass is 32.2. The number of amides is 1. The first-order valence-corrected chi connectivity index (χ1v) is 7.03. The number of nitrogens with two attached hydrogens (primary N) is 1. The molecule has 0 radical (unpaired) electrons. The number of aromatic amines is 1. The molecular formula is C9H17N5O3S. The standard InChI is InChI=1S/C9H17N5O3S/c1-9(2,3)8-12-6(13-14-8)7(15)11-4-5-18(10,16)17/h4-5H2,1-3H3,(H,11,15)(H2,10,16,17)(H,12,13,14). The Morgan fingerprint density at radius 1 is 1.44 bits per heavy atom. The monoisotopic (exact) mass is 275 g/mol. The van der Waals surface area contributed by atoms with Crippen molar-refractivity contribution >= 4 is 15.9 Å². The zero-order valence-electron chi connectivity index (χ0n) is 10.5. The molecular weight excluding hydrogens is 258 g/mol. The summed E-state index contributed by atoms with van der Waals surface area (Å²) in [5.41, 5.74) is -0.244. The van der Waals surface area contributed by atoms with E-state index in [-0.39, 0.29) is 23.5 Å². The summed E-state index contributed by atoms with van der Waals surface area (Å²) in [5.74, 6) is -0.297. The van der Waals surface area contributed by atoms with Gasteiger partial charge < -0.3 is 5.32 Å². The van der Waals surface area contributed by atoms with Gasteiger partial charge in [0.05, 0.1) is 5.75 Å². The van der Waals surface area contributed by atoms with Crippen LogP contribution in [0.1, 0.15) is 37.2 Å². The molecule has 0 saturated heterocycles. The van der Waals surface area contributed by atoms with Crippen LogP contribution in [-0.2, 0) is 15.4 Å². The Balaban J connectivity index is 2.60. The third-order valence-corrected chi connectivity index (χ3v) is 2.84. The van der Waals surface area contributed by atoms with Crippen LogP contribution in [0.15, 0.2) is 0 Å². The van der Waals surface area contributed by atoms with Crippen LogP contribution in [0.3, 0.4) is 0 Å². The highest BCUT2D eigenvalue weighted by Crippen LogP contribution is 2.17. The third kappa shape index (κ3) is 4.41. The molecule has 9 heteroatoms. The zero-order chi connectivity index (χ0) is 14.0. The van der Waals surface area contributed by atoms with E-state index in [0.29, 0.717) is 5.82 Å². The van der Waals surface area contributed by atoms with E-state index in [4.69, 9.17) is 5.14 Å². The maximum absolute atomic E-state index is 11.6. The Morgan fingerprint density at radius 2 is 2.06 bits per heavy atom. The number of nitrogens with zero attached hydrogens (tertiary/aromatic N) is 2. The number of primary sulfonamides is 1. The summed E-state index contributed by atoms with van der Waals surface area (Å²) in [7, 11) is -3.58. The highest BCUT2D eigenvalue weighted by Gasteiger charge is 2.21. The molecule has 18 heavy (non-hydrogen) atoms. The predicted octanol–water partition coefficient (Wildman–Crippen LogP) is -0.879. The molecule has 0 aliphatic rings. The van der Waals surface area contributed by atoms with E-state index < -0.39 is 15.9 Å². The minimum Gasteiger partial charge on any atom is -0.348 e. The lowest BCUT2D eigenvalue weighted by molar-refractivity contribution is 0.0946. The lowest BCUT2D eigenvalue weighted by Crippen LogP contribution is -2.32. The summed E-state index contributed by atoms with van der Waals surface area (Å²) in [4.78, 5) is 15.6. The number of rotatable bonds is 4. The number of hydrogen-bond donors (Lipinski definition) is 3. The lowest BCUT2D eigenvalue weighted by atomic mass is 9.96. The number of hydrogen-bond acceptors (Lipinski definition) is 5. The second kappa shape index (κ2) is 5.02. The van der Waals surface area contributed by atoms with E-state index in [1.807, 2.05) is 20.8 Å². The smallest absolute Gasteiger partial charge is 0.290 e. The van der Waals surface area contributed by atoms with Crippen molar-refractivity contribution in [3.63, 3.8) is 0 Å². The van der Waals surface area contributed by atoms with Crippen molar-refractivity contribution in [1.29, 1.82) is 0 Å². The molecule has 1 amide bonds. The van der Waals surface area contributed by atoms with Gasteiger partial charge in [0.2, 0.25) is 15.8 Å². The molecule has 0 saturated carbocycles. The topological polar surface area (TPSA) is 131 Å². The van der Waals surface area contributed by atoms with Crippen LogP contribution in [0.2, 0.25) is 0 Å². The van der Waals surface area contributed by atoms with E-state index in [0.717, 1.165) is 0 Å². The zero-order valence-corrected chi connectivity index (χ0v) is 11.3. The van der Waals surface area contributed by atoms with Gasteiger partial charge in [0.1, 0.15) is 5.82 Å². The van der Waals surface area contributed by atoms with Gasteiger partial charge in [-0.15, -0.1) is 5.10 Å². The lowest BCUT2D eigenvalue weighted by Gasteiger charge is -2.12. The van der Waals surface area contributed by atoms with Crippen LogP contribution in [-0.4, -0.2) is 41.8 Å². The number of carbonyl (C=O) groups excluding carboxylic acids is 1. The second-order valence-corrected chi connectivity index (χ2v) is 6.61. The average Bonchev–Trinajstić information content (AvgIpc) is 2.62. The van der Waals surface area contributed by atoms with Crippen molar-refractivity contribution in [2.45, 2.75) is 26.2 Å². The first-order chi connectivity index (χ1) is 8.09. The van der Waals surface area contributed by atoms with Gasteiger partial charge in [-0.25, -0.2) is 18.5 Å². The quantitative estimate of drug-likeness (QED) is 0.656. The minimum atomic E-state index is -3.58. The molecule has 102 valence electrons. The Bertz CT molecular complexity index is 529. The van der Waals surface area contributed by atoms with Crippen LogP contribution in [0.4, 0.5) is 0 Å². The molecule has 0 aromatic carbocycles. The summed E-state index contributed by atoms with van der Waals surface area (Å²) in [6, 6.07) is 0. The summed E-state index contributed by atoms with van der Waals surface area (Å²) < 4.78 is 21.3. The fourth-order valence-corrected chi connectivity index (χ4v) is 1.47. The van der Waals surface area contributed by atoms with Crippen molar-refractivity contribution < 1.29 is 13.2 Å². The number of H-pyrrole nitrogens is 1. The van der Waals surface area contributed by atoms with Gasteiger partial charge >= 0.3 is 0 Å². The van der Waals surface area contributed by atoms with Gasteiger partial charge in [-0.3, -0.25) is 9.89 Å². The Hall–Kier alpha value is -1.48. The van der Waals surface area contributed by atoms with Crippen molar-refractivity contribution in [2.75, 3.05) is 12.3 Å². The fraction of sp³-hybridized carbons (Fsp3) is 0.667. The molecule has 4 N–H and O–H groups in total. The van der Waals surface area contributed by atoms with Gasteiger partial charge in [0.25, 0.3) is 5.91 Å². The van der Waals surface area contributed by atoms with Crippen molar-refractivity contribution in [1.82, 2.24) is 20.5 Å². The maximum atomic E-state index is 11.6. The van der Waals surface area contributed by atoms with E-state index in [9.17, 15) is 13.2 Å². The highest BCUT2D eigenvalue weighted by molar-refractivity contribution is 7.89. The van der Waals surface area contributed by atoms with Crippen molar-refractivity contribution in [2.24, 2.45) is 5.14 Å². The molecule has 0 fully saturated rings. The molecule has 0 atom stereocenters. The molecule has 1 heterocycles. The van der Waals surface area contributed by atoms with E-state index in [1.165, 1.54) is 0 Å². The normalized spacial score (nSPS) is 12.4. The number of aromatic nitrogens is 3. The van der Waals surface area contributed by atoms with Gasteiger partial charge in [-0.1, -0.05) is 20.8 Å². The largest absolute Gasteiger partial charge is 0.348 e. The Labute approximate surface area is 105 Å². The first kappa shape index (κ1) is 14.6. The van der Waals surface area contributed by atoms with Crippen LogP contribution < -0.4 is 10.5 Å². The third-order valence-electron chi connectivity index (χ3n) is 2.07. The molecule has 0 aliphatic carbocycles. The molecule has 0 unspecified atom stereocenters. The Kier molecular flexibility index (Phi) is 4.07. The second-order valence-electron chi connectivity index (χ2n) is 4.88. The molecule has 1 aromatic rings.